The van der Waals surface area contributed by atoms with E-state index < -0.39 is 5.97 Å². The largest absolute Gasteiger partial charge is 0.465 e. The van der Waals surface area contributed by atoms with Gasteiger partial charge >= 0.3 is 5.97 Å². The van der Waals surface area contributed by atoms with Crippen LogP contribution in [0.3, 0.4) is 0 Å². The lowest BCUT2D eigenvalue weighted by Crippen LogP contribution is -2.15. The number of methoxy groups -OCH3 is 1. The molecule has 0 fully saturated rings. The molecule has 1 amide bonds. The number of nitrogens with one attached hydrogen (secondary N) is 2. The van der Waals surface area contributed by atoms with Gasteiger partial charge < -0.3 is 15.4 Å². The van der Waals surface area contributed by atoms with Gasteiger partial charge in [0.15, 0.2) is 0 Å². The van der Waals surface area contributed by atoms with Gasteiger partial charge in [-0.25, -0.2) is 4.79 Å². The molecule has 29 heavy (non-hydrogen) atoms. The van der Waals surface area contributed by atoms with Crippen molar-refractivity contribution in [3.63, 3.8) is 0 Å². The third kappa shape index (κ3) is 5.90. The van der Waals surface area contributed by atoms with E-state index in [-0.39, 0.29) is 5.91 Å². The summed E-state index contributed by atoms with van der Waals surface area (Å²) in [6, 6.07) is 20.4. The number of anilines is 2. The van der Waals surface area contributed by atoms with E-state index in [2.05, 4.69) is 27.8 Å². The highest BCUT2D eigenvalue weighted by Crippen LogP contribution is 2.14. The van der Waals surface area contributed by atoms with Crippen LogP contribution in [0.15, 0.2) is 72.9 Å². The summed E-state index contributed by atoms with van der Waals surface area (Å²) in [5.41, 5.74) is 3.30. The zero-order valence-corrected chi connectivity index (χ0v) is 16.2. The van der Waals surface area contributed by atoms with Gasteiger partial charge in [-0.2, -0.15) is 0 Å². The van der Waals surface area contributed by atoms with Gasteiger partial charge in [0.05, 0.1) is 12.7 Å². The average molecular weight is 389 g/mol. The second-order valence-corrected chi connectivity index (χ2v) is 6.47. The minimum atomic E-state index is -0.457. The number of hydrogen-bond acceptors (Lipinski definition) is 5. The molecule has 2 N–H and O–H groups in total. The van der Waals surface area contributed by atoms with Crippen LogP contribution in [0.25, 0.3) is 0 Å². The van der Waals surface area contributed by atoms with Crippen molar-refractivity contribution in [2.24, 2.45) is 0 Å². The first-order chi connectivity index (χ1) is 14.2. The summed E-state index contributed by atoms with van der Waals surface area (Å²) in [7, 11) is 1.32. The van der Waals surface area contributed by atoms with Crippen molar-refractivity contribution in [2.45, 2.75) is 12.8 Å². The van der Waals surface area contributed by atoms with Gasteiger partial charge in [0.25, 0.3) is 5.91 Å². The molecule has 1 heterocycles. The second-order valence-electron chi connectivity index (χ2n) is 6.47. The van der Waals surface area contributed by atoms with Crippen LogP contribution in [0.2, 0.25) is 0 Å². The molecule has 6 heteroatoms. The van der Waals surface area contributed by atoms with E-state index in [4.69, 9.17) is 4.74 Å². The number of carbonyl (C=O) groups is 2. The minimum Gasteiger partial charge on any atom is -0.465 e. The molecule has 3 rings (SSSR count). The zero-order chi connectivity index (χ0) is 20.5. The van der Waals surface area contributed by atoms with Crippen molar-refractivity contribution in [1.82, 2.24) is 4.98 Å². The van der Waals surface area contributed by atoms with E-state index >= 15 is 0 Å². The molecule has 0 aliphatic heterocycles. The standard InChI is InChI=1S/C23H23N3O3/c1-29-23(28)18-10-5-11-20(15-18)26-22(27)21-16-19(12-14-25-21)24-13-6-9-17-7-3-2-4-8-17/h2-5,7-8,10-12,14-16H,6,9,13H2,1H3,(H,24,25)(H,26,27). The summed E-state index contributed by atoms with van der Waals surface area (Å²) in [6.07, 6.45) is 3.57. The summed E-state index contributed by atoms with van der Waals surface area (Å²) < 4.78 is 4.70. The highest BCUT2D eigenvalue weighted by Gasteiger charge is 2.11. The van der Waals surface area contributed by atoms with Crippen LogP contribution in [-0.4, -0.2) is 30.5 Å². The molecule has 0 saturated carbocycles. The van der Waals surface area contributed by atoms with E-state index in [0.29, 0.717) is 16.9 Å². The van der Waals surface area contributed by atoms with Crippen LogP contribution < -0.4 is 10.6 Å². The number of esters is 1. The fourth-order valence-electron chi connectivity index (χ4n) is 2.87. The lowest BCUT2D eigenvalue weighted by atomic mass is 10.1. The lowest BCUT2D eigenvalue weighted by Gasteiger charge is -2.09. The van der Waals surface area contributed by atoms with Gasteiger partial charge in [0.2, 0.25) is 0 Å². The molecule has 0 spiro atoms. The topological polar surface area (TPSA) is 80.3 Å². The van der Waals surface area contributed by atoms with Crippen molar-refractivity contribution in [2.75, 3.05) is 24.3 Å². The maximum atomic E-state index is 12.5. The van der Waals surface area contributed by atoms with Crippen molar-refractivity contribution in [1.29, 1.82) is 0 Å². The highest BCUT2D eigenvalue weighted by atomic mass is 16.5. The summed E-state index contributed by atoms with van der Waals surface area (Å²) in [6.45, 7) is 0.793. The molecule has 0 unspecified atom stereocenters. The number of aromatic nitrogens is 1. The fraction of sp³-hybridized carbons (Fsp3) is 0.174. The number of hydrogen-bond donors (Lipinski definition) is 2. The van der Waals surface area contributed by atoms with E-state index in [1.165, 1.54) is 12.7 Å². The van der Waals surface area contributed by atoms with Crippen molar-refractivity contribution in [3.05, 3.63) is 89.7 Å². The Morgan fingerprint density at radius 3 is 2.59 bits per heavy atom. The van der Waals surface area contributed by atoms with Gasteiger partial charge in [-0.1, -0.05) is 36.4 Å². The van der Waals surface area contributed by atoms with Crippen molar-refractivity contribution in [3.8, 4) is 0 Å². The predicted molar refractivity (Wildman–Crippen MR) is 113 cm³/mol. The molecule has 1 aromatic heterocycles. The van der Waals surface area contributed by atoms with Crippen LogP contribution in [0, 0.1) is 0 Å². The van der Waals surface area contributed by atoms with Crippen molar-refractivity contribution < 1.29 is 14.3 Å². The minimum absolute atomic E-state index is 0.293. The maximum absolute atomic E-state index is 12.5. The lowest BCUT2D eigenvalue weighted by molar-refractivity contribution is 0.0600. The Hall–Kier alpha value is -3.67. The first-order valence-electron chi connectivity index (χ1n) is 9.39. The monoisotopic (exact) mass is 389 g/mol. The number of rotatable bonds is 8. The molecule has 148 valence electrons. The molecule has 6 nitrogen and oxygen atoms in total. The van der Waals surface area contributed by atoms with Gasteiger partial charge in [-0.15, -0.1) is 0 Å². The summed E-state index contributed by atoms with van der Waals surface area (Å²) >= 11 is 0. The molecule has 2 aromatic carbocycles. The van der Waals surface area contributed by atoms with Crippen LogP contribution in [0.5, 0.6) is 0 Å². The Morgan fingerprint density at radius 2 is 1.79 bits per heavy atom. The molecule has 0 aliphatic rings. The first-order valence-corrected chi connectivity index (χ1v) is 9.39. The predicted octanol–water partition coefficient (Wildman–Crippen LogP) is 4.17. The quantitative estimate of drug-likeness (QED) is 0.447. The number of amides is 1. The Kier molecular flexibility index (Phi) is 6.95. The number of ether oxygens (including phenoxy) is 1. The number of pyridine rings is 1. The van der Waals surface area contributed by atoms with Crippen molar-refractivity contribution >= 4 is 23.3 Å². The second kappa shape index (κ2) is 10.0. The number of benzene rings is 2. The Balaban J connectivity index is 1.56. The summed E-state index contributed by atoms with van der Waals surface area (Å²) in [4.78, 5) is 28.3. The van der Waals surface area contributed by atoms with Crippen LogP contribution in [0.4, 0.5) is 11.4 Å². The first kappa shape index (κ1) is 20.1. The van der Waals surface area contributed by atoms with Gasteiger partial charge in [-0.3, -0.25) is 9.78 Å². The van der Waals surface area contributed by atoms with E-state index in [9.17, 15) is 9.59 Å². The normalized spacial score (nSPS) is 10.2. The van der Waals surface area contributed by atoms with Crippen LogP contribution in [0.1, 0.15) is 32.8 Å². The Bertz CT molecular complexity index is 974. The summed E-state index contributed by atoms with van der Waals surface area (Å²) in [5, 5.41) is 6.08. The molecule has 3 aromatic rings. The van der Waals surface area contributed by atoms with Gasteiger partial charge in [-0.05, 0) is 48.7 Å². The molecule has 0 radical (unpaired) electrons. The van der Waals surface area contributed by atoms with E-state index in [1.54, 1.807) is 36.5 Å². The average Bonchev–Trinajstić information content (AvgIpc) is 2.77. The maximum Gasteiger partial charge on any atom is 0.337 e. The molecular formula is C23H23N3O3. The zero-order valence-electron chi connectivity index (χ0n) is 16.2. The third-order valence-corrected chi connectivity index (χ3v) is 4.35. The smallest absolute Gasteiger partial charge is 0.337 e. The van der Waals surface area contributed by atoms with Crippen LogP contribution >= 0.6 is 0 Å². The summed E-state index contributed by atoms with van der Waals surface area (Å²) in [5.74, 6) is -0.805. The molecule has 0 saturated heterocycles. The number of nitrogens with zero attached hydrogens (tertiary/aromatic N) is 1. The third-order valence-electron chi connectivity index (χ3n) is 4.35. The van der Waals surface area contributed by atoms with E-state index in [1.807, 2.05) is 24.3 Å². The van der Waals surface area contributed by atoms with Crippen LogP contribution in [-0.2, 0) is 11.2 Å². The SMILES string of the molecule is COC(=O)c1cccc(NC(=O)c2cc(NCCCc3ccccc3)ccn2)c1. The fourth-order valence-corrected chi connectivity index (χ4v) is 2.87. The van der Waals surface area contributed by atoms with Gasteiger partial charge in [0.1, 0.15) is 5.69 Å². The van der Waals surface area contributed by atoms with E-state index in [0.717, 1.165) is 25.1 Å². The van der Waals surface area contributed by atoms with Gasteiger partial charge in [0, 0.05) is 24.1 Å². The molecule has 0 bridgehead atoms. The molecule has 0 atom stereocenters. The molecule has 0 aliphatic carbocycles. The molecular weight excluding hydrogens is 366 g/mol. The number of aryl methyl sites for hydroxylation is 1. The Morgan fingerprint density at radius 1 is 0.966 bits per heavy atom. The Labute approximate surface area is 169 Å². The highest BCUT2D eigenvalue weighted by molar-refractivity contribution is 6.04. The number of carbonyl (C=O) groups excluding carboxylic acids is 2.